The Hall–Kier alpha value is -0.790. The van der Waals surface area contributed by atoms with Crippen molar-refractivity contribution in [1.82, 2.24) is 0 Å². The molecule has 2 nitrogen and oxygen atoms in total. The molecule has 182 valence electrons. The highest BCUT2D eigenvalue weighted by atomic mass is 16.5. The Kier molecular flexibility index (Phi) is 7.19. The van der Waals surface area contributed by atoms with Crippen LogP contribution in [-0.4, -0.2) is 12.6 Å². The largest absolute Gasteiger partial charge is 0.464 e. The summed E-state index contributed by atoms with van der Waals surface area (Å²) in [6.45, 7) is 15.7. The Morgan fingerprint density at radius 2 is 1.84 bits per heavy atom. The Bertz CT molecular complexity index is 695. The van der Waals surface area contributed by atoms with Crippen molar-refractivity contribution in [1.29, 1.82) is 0 Å². The monoisotopic (exact) mass is 442 g/mol. The lowest BCUT2D eigenvalue weighted by atomic mass is 9.47. The molecule has 0 bridgehead atoms. The summed E-state index contributed by atoms with van der Waals surface area (Å²) in [5.74, 6) is 6.16. The van der Waals surface area contributed by atoms with E-state index < -0.39 is 0 Å². The van der Waals surface area contributed by atoms with Crippen molar-refractivity contribution in [3.63, 3.8) is 0 Å². The number of hydrogen-bond donors (Lipinski definition) is 0. The lowest BCUT2D eigenvalue weighted by molar-refractivity contribution is -0.136. The fraction of sp³-hybridized carbons (Fsp3) is 0.900. The van der Waals surface area contributed by atoms with E-state index in [4.69, 9.17) is 4.74 Å². The van der Waals surface area contributed by atoms with Gasteiger partial charge in [0, 0.05) is 6.42 Å². The lowest BCUT2D eigenvalue weighted by Gasteiger charge is -2.58. The number of hydrogen-bond acceptors (Lipinski definition) is 2. The van der Waals surface area contributed by atoms with Gasteiger partial charge >= 0.3 is 0 Å². The second-order valence-corrected chi connectivity index (χ2v) is 13.1. The van der Waals surface area contributed by atoms with Crippen LogP contribution >= 0.6 is 0 Å². The molecule has 3 saturated carbocycles. The molecule has 0 spiro atoms. The van der Waals surface area contributed by atoms with E-state index >= 15 is 0 Å². The van der Waals surface area contributed by atoms with Crippen LogP contribution in [0, 0.1) is 52.3 Å². The summed E-state index contributed by atoms with van der Waals surface area (Å²) in [5.41, 5.74) is 2.52. The smallest absolute Gasteiger partial charge is 0.293 e. The molecule has 0 amide bonds. The van der Waals surface area contributed by atoms with Gasteiger partial charge in [-0.05, 0) is 104 Å². The standard InChI is InChI=1S/C30H50O2/c1-7-22(20(2)3)9-8-21(4)26-12-13-27-25-11-10-23-18-24(32-19-31)14-16-29(23,5)28(25)15-17-30(26,27)6/h10,19-22,24-28H,7-9,11-18H2,1-6H3/t21-,22-,24-,25+,26-,27+,28+,29-,30+/m0/s1. The molecule has 4 aliphatic carbocycles. The molecule has 4 rings (SSSR count). The minimum Gasteiger partial charge on any atom is -0.464 e. The fourth-order valence-electron chi connectivity index (χ4n) is 9.48. The maximum Gasteiger partial charge on any atom is 0.293 e. The van der Waals surface area contributed by atoms with E-state index in [1.807, 2.05) is 0 Å². The van der Waals surface area contributed by atoms with Crippen molar-refractivity contribution in [3.05, 3.63) is 11.6 Å². The summed E-state index contributed by atoms with van der Waals surface area (Å²) in [4.78, 5) is 10.9. The van der Waals surface area contributed by atoms with Crippen LogP contribution in [0.15, 0.2) is 11.6 Å². The van der Waals surface area contributed by atoms with Crippen molar-refractivity contribution in [3.8, 4) is 0 Å². The predicted octanol–water partition coefficient (Wildman–Crippen LogP) is 8.21. The Balaban J connectivity index is 1.46. The number of rotatable bonds is 8. The zero-order valence-electron chi connectivity index (χ0n) is 21.9. The highest BCUT2D eigenvalue weighted by Gasteiger charge is 2.59. The fourth-order valence-corrected chi connectivity index (χ4v) is 9.48. The van der Waals surface area contributed by atoms with Crippen LogP contribution < -0.4 is 0 Å². The Morgan fingerprint density at radius 3 is 2.53 bits per heavy atom. The first kappa shape index (κ1) is 24.3. The van der Waals surface area contributed by atoms with E-state index in [0.29, 0.717) is 17.3 Å². The number of carbonyl (C=O) groups excluding carboxylic acids is 1. The molecule has 32 heavy (non-hydrogen) atoms. The SMILES string of the molecule is CC[C@@H](CC[C@H](C)[C@@H]1CC[C@@H]2[C@H]3CC=C4C[C@@H](OC=O)CC[C@]4(C)[C@@H]3CC[C@@]21C)C(C)C. The zero-order valence-corrected chi connectivity index (χ0v) is 21.9. The van der Waals surface area contributed by atoms with E-state index in [1.165, 1.54) is 57.8 Å². The molecule has 3 fully saturated rings. The molecule has 0 unspecified atom stereocenters. The van der Waals surface area contributed by atoms with Crippen molar-refractivity contribution in [2.45, 2.75) is 118 Å². The Morgan fingerprint density at radius 1 is 1.06 bits per heavy atom. The molecule has 9 atom stereocenters. The maximum absolute atomic E-state index is 10.9. The van der Waals surface area contributed by atoms with Crippen molar-refractivity contribution in [2.24, 2.45) is 52.3 Å². The van der Waals surface area contributed by atoms with Crippen molar-refractivity contribution >= 4 is 6.47 Å². The highest BCUT2D eigenvalue weighted by molar-refractivity contribution is 5.38. The van der Waals surface area contributed by atoms with E-state index in [9.17, 15) is 4.79 Å². The first-order valence-electron chi connectivity index (χ1n) is 14.0. The minimum absolute atomic E-state index is 0.117. The lowest BCUT2D eigenvalue weighted by Crippen LogP contribution is -2.51. The van der Waals surface area contributed by atoms with Crippen LogP contribution in [0.4, 0.5) is 0 Å². The van der Waals surface area contributed by atoms with Crippen molar-refractivity contribution < 1.29 is 9.53 Å². The Labute approximate surface area is 198 Å². The molecular weight excluding hydrogens is 392 g/mol. The normalized spacial score (nSPS) is 43.0. The average Bonchev–Trinajstić information content (AvgIpc) is 3.11. The average molecular weight is 443 g/mol. The molecule has 0 saturated heterocycles. The quantitative estimate of drug-likeness (QED) is 0.280. The summed E-state index contributed by atoms with van der Waals surface area (Å²) in [5, 5.41) is 0. The molecule has 0 N–H and O–H groups in total. The zero-order chi connectivity index (χ0) is 23.1. The van der Waals surface area contributed by atoms with Crippen LogP contribution in [0.2, 0.25) is 0 Å². The van der Waals surface area contributed by atoms with Gasteiger partial charge in [-0.3, -0.25) is 4.79 Å². The molecule has 2 heteroatoms. The van der Waals surface area contributed by atoms with Crippen LogP contribution in [0.25, 0.3) is 0 Å². The topological polar surface area (TPSA) is 26.3 Å². The van der Waals surface area contributed by atoms with Crippen LogP contribution in [0.5, 0.6) is 0 Å². The van der Waals surface area contributed by atoms with Gasteiger partial charge in [-0.2, -0.15) is 0 Å². The van der Waals surface area contributed by atoms with Crippen LogP contribution in [0.1, 0.15) is 112 Å². The molecule has 0 heterocycles. The minimum atomic E-state index is 0.117. The molecule has 0 aromatic rings. The number of allylic oxidation sites excluding steroid dienone is 1. The second-order valence-electron chi connectivity index (χ2n) is 13.1. The van der Waals surface area contributed by atoms with Gasteiger partial charge in [0.1, 0.15) is 6.10 Å². The summed E-state index contributed by atoms with van der Waals surface area (Å²) in [6.07, 6.45) is 17.2. The van der Waals surface area contributed by atoms with E-state index in [-0.39, 0.29) is 6.10 Å². The highest BCUT2D eigenvalue weighted by Crippen LogP contribution is 2.67. The first-order valence-corrected chi connectivity index (χ1v) is 14.0. The van der Waals surface area contributed by atoms with Crippen LogP contribution in [0.3, 0.4) is 0 Å². The van der Waals surface area contributed by atoms with Gasteiger partial charge in [0.2, 0.25) is 0 Å². The van der Waals surface area contributed by atoms with Crippen molar-refractivity contribution in [2.75, 3.05) is 0 Å². The maximum atomic E-state index is 10.9. The molecule has 0 aromatic carbocycles. The van der Waals surface area contributed by atoms with E-state index in [1.54, 1.807) is 5.57 Å². The summed E-state index contributed by atoms with van der Waals surface area (Å²) >= 11 is 0. The molecular formula is C30H50O2. The predicted molar refractivity (Wildman–Crippen MR) is 133 cm³/mol. The van der Waals surface area contributed by atoms with Gasteiger partial charge in [0.15, 0.2) is 0 Å². The van der Waals surface area contributed by atoms with Gasteiger partial charge in [-0.25, -0.2) is 0 Å². The first-order chi connectivity index (χ1) is 15.2. The molecule has 0 radical (unpaired) electrons. The summed E-state index contributed by atoms with van der Waals surface area (Å²) in [7, 11) is 0. The molecule has 4 aliphatic rings. The van der Waals surface area contributed by atoms with Gasteiger partial charge in [-0.15, -0.1) is 0 Å². The second kappa shape index (κ2) is 9.46. The van der Waals surface area contributed by atoms with Gasteiger partial charge in [0.05, 0.1) is 0 Å². The number of ether oxygens (including phenoxy) is 1. The number of fused-ring (bicyclic) bond motifs is 5. The molecule has 0 aromatic heterocycles. The van der Waals surface area contributed by atoms with Gasteiger partial charge < -0.3 is 4.74 Å². The van der Waals surface area contributed by atoms with Gasteiger partial charge in [0.25, 0.3) is 6.47 Å². The summed E-state index contributed by atoms with van der Waals surface area (Å²) in [6, 6.07) is 0. The molecule has 0 aliphatic heterocycles. The van der Waals surface area contributed by atoms with Gasteiger partial charge in [-0.1, -0.05) is 66.0 Å². The third-order valence-electron chi connectivity index (χ3n) is 11.5. The third kappa shape index (κ3) is 4.11. The van der Waals surface area contributed by atoms with E-state index in [0.717, 1.165) is 54.3 Å². The van der Waals surface area contributed by atoms with Crippen LogP contribution in [-0.2, 0) is 9.53 Å². The van der Waals surface area contributed by atoms with E-state index in [2.05, 4.69) is 47.6 Å². The third-order valence-corrected chi connectivity index (χ3v) is 11.5. The number of carbonyl (C=O) groups is 1. The summed E-state index contributed by atoms with van der Waals surface area (Å²) < 4.78 is 5.38.